The van der Waals surface area contributed by atoms with Crippen LogP contribution in [0.1, 0.15) is 11.1 Å². The number of alkyl halides is 3. The summed E-state index contributed by atoms with van der Waals surface area (Å²) >= 11 is 6.31. The van der Waals surface area contributed by atoms with Gasteiger partial charge < -0.3 is 4.74 Å². The van der Waals surface area contributed by atoms with E-state index in [4.69, 9.17) is 21.7 Å². The second kappa shape index (κ2) is 8.20. The van der Waals surface area contributed by atoms with Gasteiger partial charge in [-0.3, -0.25) is 10.2 Å². The molecule has 2 aliphatic heterocycles. The molecular formula is C20H12ClF3N4O2S. The standard InChI is InChI=1S/C20H12ClF3N4O2S/c21-15-4-2-1-3-12(15)10-30-13-7-5-11(6-8-13)9-14-16(25)28-19(26-17(14)29)31-18(27-28)20(22,23)24/h1-9,25H,10H2. The number of hydrazone groups is 1. The van der Waals surface area contributed by atoms with Gasteiger partial charge in [0.15, 0.2) is 5.84 Å². The number of halogens is 4. The predicted molar refractivity (Wildman–Crippen MR) is 113 cm³/mol. The van der Waals surface area contributed by atoms with Crippen molar-refractivity contribution in [2.75, 3.05) is 0 Å². The second-order valence-corrected chi connectivity index (χ2v) is 7.74. The van der Waals surface area contributed by atoms with E-state index in [0.717, 1.165) is 5.56 Å². The number of nitrogens with one attached hydrogen (secondary N) is 1. The maximum absolute atomic E-state index is 12.9. The SMILES string of the molecule is N=C1C(=Cc2ccc(OCc3ccccc3Cl)cc2)C(=O)N=C2SC(C(F)(F)F)=NN12. The highest BCUT2D eigenvalue weighted by Gasteiger charge is 2.46. The maximum Gasteiger partial charge on any atom is 0.441 e. The van der Waals surface area contributed by atoms with Crippen LogP contribution in [-0.4, -0.2) is 33.1 Å². The lowest BCUT2D eigenvalue weighted by Gasteiger charge is -2.20. The number of rotatable bonds is 4. The Hall–Kier alpha value is -3.11. The van der Waals surface area contributed by atoms with Crippen LogP contribution in [-0.2, 0) is 11.4 Å². The Morgan fingerprint density at radius 2 is 1.87 bits per heavy atom. The molecule has 2 aromatic carbocycles. The maximum atomic E-state index is 12.9. The van der Waals surface area contributed by atoms with Crippen LogP contribution in [0.5, 0.6) is 5.75 Å². The molecule has 0 saturated heterocycles. The van der Waals surface area contributed by atoms with E-state index in [1.54, 1.807) is 30.3 Å². The normalized spacial score (nSPS) is 17.5. The van der Waals surface area contributed by atoms with Crippen molar-refractivity contribution in [3.8, 4) is 5.75 Å². The van der Waals surface area contributed by atoms with Crippen LogP contribution >= 0.6 is 23.4 Å². The molecule has 2 heterocycles. The first-order valence-corrected chi connectivity index (χ1v) is 9.95. The van der Waals surface area contributed by atoms with E-state index in [9.17, 15) is 18.0 Å². The van der Waals surface area contributed by atoms with Crippen molar-refractivity contribution >= 4 is 51.4 Å². The van der Waals surface area contributed by atoms with Gasteiger partial charge in [-0.15, -0.1) is 0 Å². The molecule has 0 radical (unpaired) electrons. The number of hydrogen-bond acceptors (Lipinski definition) is 5. The highest BCUT2D eigenvalue weighted by Crippen LogP contribution is 2.35. The third-order valence-electron chi connectivity index (χ3n) is 4.24. The Kier molecular flexibility index (Phi) is 5.59. The number of fused-ring (bicyclic) bond motifs is 1. The molecule has 31 heavy (non-hydrogen) atoms. The number of thioether (sulfide) groups is 1. The molecule has 1 amide bonds. The summed E-state index contributed by atoms with van der Waals surface area (Å²) < 4.78 is 44.3. The average Bonchev–Trinajstić information content (AvgIpc) is 3.16. The zero-order chi connectivity index (χ0) is 22.2. The highest BCUT2D eigenvalue weighted by atomic mass is 35.5. The van der Waals surface area contributed by atoms with Gasteiger partial charge in [-0.25, -0.2) is 0 Å². The van der Waals surface area contributed by atoms with E-state index in [2.05, 4.69) is 10.1 Å². The molecule has 0 saturated carbocycles. The van der Waals surface area contributed by atoms with Gasteiger partial charge in [0.1, 0.15) is 12.4 Å². The number of amides is 1. The first-order chi connectivity index (χ1) is 14.7. The predicted octanol–water partition coefficient (Wildman–Crippen LogP) is 5.10. The summed E-state index contributed by atoms with van der Waals surface area (Å²) in [6, 6.07) is 13.9. The quantitative estimate of drug-likeness (QED) is 0.638. The summed E-state index contributed by atoms with van der Waals surface area (Å²) in [7, 11) is 0. The van der Waals surface area contributed by atoms with Gasteiger partial charge in [0.25, 0.3) is 5.91 Å². The van der Waals surface area contributed by atoms with Crippen molar-refractivity contribution < 1.29 is 22.7 Å². The third kappa shape index (κ3) is 4.49. The minimum Gasteiger partial charge on any atom is -0.489 e. The van der Waals surface area contributed by atoms with Crippen molar-refractivity contribution in [2.45, 2.75) is 12.8 Å². The summed E-state index contributed by atoms with van der Waals surface area (Å²) in [5, 5.41) is 11.3. The van der Waals surface area contributed by atoms with Gasteiger partial charge in [-0.05, 0) is 41.6 Å². The molecule has 0 fully saturated rings. The number of aliphatic imine (C=N–C) groups is 1. The van der Waals surface area contributed by atoms with Crippen LogP contribution in [0.15, 0.2) is 64.2 Å². The summed E-state index contributed by atoms with van der Waals surface area (Å²) in [5.41, 5.74) is 1.21. The molecule has 158 valence electrons. The molecule has 4 rings (SSSR count). The van der Waals surface area contributed by atoms with Gasteiger partial charge in [0.05, 0.1) is 5.57 Å². The van der Waals surface area contributed by atoms with Crippen molar-refractivity contribution in [1.29, 1.82) is 5.41 Å². The Balaban J connectivity index is 1.50. The zero-order valence-electron chi connectivity index (χ0n) is 15.5. The number of benzene rings is 2. The lowest BCUT2D eigenvalue weighted by atomic mass is 10.1. The Bertz CT molecular complexity index is 1160. The third-order valence-corrected chi connectivity index (χ3v) is 5.56. The summed E-state index contributed by atoms with van der Waals surface area (Å²) in [6.07, 6.45) is -3.31. The largest absolute Gasteiger partial charge is 0.489 e. The minimum absolute atomic E-state index is 0.165. The fourth-order valence-electron chi connectivity index (χ4n) is 2.71. The van der Waals surface area contributed by atoms with E-state index in [-0.39, 0.29) is 29.1 Å². The first-order valence-electron chi connectivity index (χ1n) is 8.76. The number of carbonyl (C=O) groups is 1. The van der Waals surface area contributed by atoms with E-state index in [1.165, 1.54) is 6.08 Å². The Morgan fingerprint density at radius 3 is 2.55 bits per heavy atom. The summed E-state index contributed by atoms with van der Waals surface area (Å²) in [4.78, 5) is 15.9. The molecule has 0 bridgehead atoms. The molecule has 2 aromatic rings. The molecule has 2 aliphatic rings. The van der Waals surface area contributed by atoms with Crippen molar-refractivity contribution in [3.63, 3.8) is 0 Å². The number of hydrogen-bond donors (Lipinski definition) is 1. The zero-order valence-corrected chi connectivity index (χ0v) is 17.1. The Morgan fingerprint density at radius 1 is 1.16 bits per heavy atom. The molecule has 0 atom stereocenters. The molecule has 1 N–H and O–H groups in total. The van der Waals surface area contributed by atoms with E-state index in [1.807, 2.05) is 18.2 Å². The van der Waals surface area contributed by atoms with Crippen LogP contribution in [0.4, 0.5) is 13.2 Å². The molecular weight excluding hydrogens is 453 g/mol. The minimum atomic E-state index is -4.68. The van der Waals surface area contributed by atoms with Crippen molar-refractivity contribution in [3.05, 3.63) is 70.3 Å². The number of amidine groups is 2. The summed E-state index contributed by atoms with van der Waals surface area (Å²) in [6.45, 7) is 0.271. The monoisotopic (exact) mass is 464 g/mol. The lowest BCUT2D eigenvalue weighted by Crippen LogP contribution is -2.35. The Labute approximate surface area is 183 Å². The van der Waals surface area contributed by atoms with E-state index < -0.39 is 23.0 Å². The number of nitrogens with zero attached hydrogens (tertiary/aromatic N) is 3. The fourth-order valence-corrected chi connectivity index (χ4v) is 3.66. The topological polar surface area (TPSA) is 78.1 Å². The second-order valence-electron chi connectivity index (χ2n) is 6.37. The number of ether oxygens (including phenoxy) is 1. The van der Waals surface area contributed by atoms with Crippen LogP contribution < -0.4 is 4.74 Å². The fraction of sp³-hybridized carbons (Fsp3) is 0.100. The smallest absolute Gasteiger partial charge is 0.441 e. The van der Waals surface area contributed by atoms with Gasteiger partial charge in [-0.1, -0.05) is 41.9 Å². The van der Waals surface area contributed by atoms with Crippen molar-refractivity contribution in [1.82, 2.24) is 5.01 Å². The average molecular weight is 465 g/mol. The molecule has 0 aliphatic carbocycles. The number of carbonyl (C=O) groups excluding carboxylic acids is 1. The van der Waals surface area contributed by atoms with Crippen LogP contribution in [0.25, 0.3) is 6.08 Å². The van der Waals surface area contributed by atoms with Gasteiger partial charge in [0, 0.05) is 10.6 Å². The highest BCUT2D eigenvalue weighted by molar-refractivity contribution is 8.27. The molecule has 11 heteroatoms. The lowest BCUT2D eigenvalue weighted by molar-refractivity contribution is -0.114. The summed E-state index contributed by atoms with van der Waals surface area (Å²) in [5.74, 6) is -0.718. The van der Waals surface area contributed by atoms with Gasteiger partial charge >= 0.3 is 6.18 Å². The van der Waals surface area contributed by atoms with E-state index >= 15 is 0 Å². The van der Waals surface area contributed by atoms with E-state index in [0.29, 0.717) is 21.3 Å². The molecule has 0 unspecified atom stereocenters. The van der Waals surface area contributed by atoms with Crippen LogP contribution in [0.3, 0.4) is 0 Å². The van der Waals surface area contributed by atoms with Gasteiger partial charge in [-0.2, -0.15) is 28.3 Å². The molecule has 0 aromatic heterocycles. The first kappa shape index (κ1) is 21.1. The van der Waals surface area contributed by atoms with Crippen LogP contribution in [0, 0.1) is 5.41 Å². The van der Waals surface area contributed by atoms with Gasteiger partial charge in [0.2, 0.25) is 10.2 Å². The molecule has 6 nitrogen and oxygen atoms in total. The van der Waals surface area contributed by atoms with Crippen molar-refractivity contribution in [2.24, 2.45) is 10.1 Å². The molecule has 0 spiro atoms. The van der Waals surface area contributed by atoms with Crippen LogP contribution in [0.2, 0.25) is 5.02 Å².